The van der Waals surface area contributed by atoms with Crippen molar-refractivity contribution in [3.63, 3.8) is 0 Å². The molecule has 26 heavy (non-hydrogen) atoms. The second-order valence-electron chi connectivity index (χ2n) is 5.97. The van der Waals surface area contributed by atoms with Crippen molar-refractivity contribution in [3.05, 3.63) is 40.3 Å². The number of rotatable bonds is 6. The second-order valence-corrected chi connectivity index (χ2v) is 7.00. The Morgan fingerprint density at radius 3 is 2.65 bits per heavy atom. The number of hydrogen-bond donors (Lipinski definition) is 2. The molecular formula is C18H21N3O4S. The molecule has 0 aliphatic rings. The van der Waals surface area contributed by atoms with Crippen LogP contribution in [0.5, 0.6) is 5.75 Å². The second kappa shape index (κ2) is 7.33. The maximum absolute atomic E-state index is 12.6. The highest BCUT2D eigenvalue weighted by Gasteiger charge is 2.16. The van der Waals surface area contributed by atoms with Gasteiger partial charge in [0.15, 0.2) is 10.7 Å². The van der Waals surface area contributed by atoms with E-state index >= 15 is 0 Å². The molecule has 0 fully saturated rings. The molecule has 138 valence electrons. The first kappa shape index (κ1) is 18.2. The fraction of sp³-hybridized carbons (Fsp3) is 0.333. The van der Waals surface area contributed by atoms with Gasteiger partial charge in [0.2, 0.25) is 0 Å². The molecule has 3 aromatic rings. The van der Waals surface area contributed by atoms with Gasteiger partial charge >= 0.3 is 0 Å². The van der Waals surface area contributed by atoms with Crippen molar-refractivity contribution in [1.29, 1.82) is 0 Å². The molecule has 0 aliphatic heterocycles. The highest BCUT2D eigenvalue weighted by Crippen LogP contribution is 2.32. The van der Waals surface area contributed by atoms with Crippen LogP contribution in [-0.4, -0.2) is 29.8 Å². The molecule has 0 bridgehead atoms. The van der Waals surface area contributed by atoms with E-state index < -0.39 is 10.7 Å². The van der Waals surface area contributed by atoms with Crippen LogP contribution in [0.1, 0.15) is 26.0 Å². The summed E-state index contributed by atoms with van der Waals surface area (Å²) >= 11 is 0. The molecule has 0 saturated heterocycles. The molecule has 0 atom stereocenters. The number of aromatic amines is 1. The lowest BCUT2D eigenvalue weighted by atomic mass is 10.1. The molecule has 1 N–H and O–H groups in total. The standard InChI is InChI=1S/C18H21N3O4S/c1-4-6-14-13-10-15(19-18(22)17(13)21(3)20-14)12-9-11(26(23)24)7-8-16(12)25-5-2/h7-10,26H,4-6H2,1-3H3,(H,19,22). The van der Waals surface area contributed by atoms with Crippen molar-refractivity contribution in [2.24, 2.45) is 7.05 Å². The van der Waals surface area contributed by atoms with Crippen LogP contribution in [0, 0.1) is 0 Å². The lowest BCUT2D eigenvalue weighted by Crippen LogP contribution is -2.11. The van der Waals surface area contributed by atoms with E-state index in [1.54, 1.807) is 17.8 Å². The first-order chi connectivity index (χ1) is 12.5. The summed E-state index contributed by atoms with van der Waals surface area (Å²) in [5, 5.41) is 5.22. The van der Waals surface area contributed by atoms with Crippen LogP contribution in [0.2, 0.25) is 0 Å². The van der Waals surface area contributed by atoms with Crippen LogP contribution in [0.3, 0.4) is 0 Å². The molecule has 0 unspecified atom stereocenters. The number of aryl methyl sites for hydroxylation is 2. The molecule has 7 nitrogen and oxygen atoms in total. The van der Waals surface area contributed by atoms with Crippen molar-refractivity contribution in [3.8, 4) is 17.0 Å². The highest BCUT2D eigenvalue weighted by atomic mass is 32.2. The van der Waals surface area contributed by atoms with Crippen molar-refractivity contribution < 1.29 is 13.2 Å². The maximum Gasteiger partial charge on any atom is 0.274 e. The van der Waals surface area contributed by atoms with Crippen LogP contribution < -0.4 is 10.3 Å². The summed E-state index contributed by atoms with van der Waals surface area (Å²) in [6.45, 7) is 4.32. The number of nitrogens with zero attached hydrogens (tertiary/aromatic N) is 2. The van der Waals surface area contributed by atoms with Crippen molar-refractivity contribution in [2.45, 2.75) is 31.6 Å². The number of hydrogen-bond acceptors (Lipinski definition) is 5. The normalized spacial score (nSPS) is 11.4. The van der Waals surface area contributed by atoms with Crippen LogP contribution in [0.4, 0.5) is 0 Å². The van der Waals surface area contributed by atoms with E-state index in [1.807, 2.05) is 13.0 Å². The molecule has 2 aromatic heterocycles. The Labute approximate surface area is 152 Å². The number of H-pyrrole nitrogens is 1. The van der Waals surface area contributed by atoms with E-state index in [2.05, 4.69) is 17.0 Å². The number of aromatic nitrogens is 3. The van der Waals surface area contributed by atoms with Crippen LogP contribution in [0.25, 0.3) is 22.2 Å². The number of fused-ring (bicyclic) bond motifs is 1. The number of pyridine rings is 1. The molecule has 2 heterocycles. The first-order valence-electron chi connectivity index (χ1n) is 8.46. The summed E-state index contributed by atoms with van der Waals surface area (Å²) in [6, 6.07) is 6.46. The highest BCUT2D eigenvalue weighted by molar-refractivity contribution is 7.72. The third kappa shape index (κ3) is 3.24. The van der Waals surface area contributed by atoms with Gasteiger partial charge in [0.05, 0.1) is 22.9 Å². The van der Waals surface area contributed by atoms with Gasteiger partial charge in [-0.3, -0.25) is 9.48 Å². The van der Waals surface area contributed by atoms with Crippen molar-refractivity contribution in [2.75, 3.05) is 6.61 Å². The van der Waals surface area contributed by atoms with E-state index in [9.17, 15) is 13.2 Å². The molecule has 0 spiro atoms. The van der Waals surface area contributed by atoms with Gasteiger partial charge in [0, 0.05) is 18.0 Å². The quantitative estimate of drug-likeness (QED) is 0.645. The Morgan fingerprint density at radius 1 is 1.23 bits per heavy atom. The zero-order valence-corrected chi connectivity index (χ0v) is 15.8. The summed E-state index contributed by atoms with van der Waals surface area (Å²) in [5.74, 6) is 0.518. The first-order valence-corrected chi connectivity index (χ1v) is 9.64. The van der Waals surface area contributed by atoms with Crippen LogP contribution in [-0.2, 0) is 24.2 Å². The monoisotopic (exact) mass is 375 g/mol. The Morgan fingerprint density at radius 2 is 2.00 bits per heavy atom. The lowest BCUT2D eigenvalue weighted by Gasteiger charge is -2.11. The smallest absolute Gasteiger partial charge is 0.274 e. The van der Waals surface area contributed by atoms with E-state index in [0.29, 0.717) is 29.1 Å². The van der Waals surface area contributed by atoms with Gasteiger partial charge in [-0.1, -0.05) is 13.3 Å². The molecular weight excluding hydrogens is 354 g/mol. The minimum atomic E-state index is -2.74. The molecule has 0 saturated carbocycles. The van der Waals surface area contributed by atoms with E-state index in [4.69, 9.17) is 4.74 Å². The van der Waals surface area contributed by atoms with Gasteiger partial charge in [0.1, 0.15) is 11.3 Å². The van der Waals surface area contributed by atoms with Gasteiger partial charge in [0.25, 0.3) is 5.56 Å². The Kier molecular flexibility index (Phi) is 5.13. The fourth-order valence-electron chi connectivity index (χ4n) is 3.07. The third-order valence-electron chi connectivity index (χ3n) is 4.16. The summed E-state index contributed by atoms with van der Waals surface area (Å²) in [5.41, 5.74) is 2.13. The van der Waals surface area contributed by atoms with E-state index in [-0.39, 0.29) is 10.5 Å². The number of thiol groups is 1. The molecule has 1 aromatic carbocycles. The molecule has 0 aliphatic carbocycles. The van der Waals surface area contributed by atoms with E-state index in [0.717, 1.165) is 23.9 Å². The van der Waals surface area contributed by atoms with Crippen LogP contribution in [0.15, 0.2) is 34.0 Å². The summed E-state index contributed by atoms with van der Waals surface area (Å²) in [6.07, 6.45) is 1.66. The topological polar surface area (TPSA) is 94.0 Å². The van der Waals surface area contributed by atoms with Gasteiger partial charge in [-0.25, -0.2) is 8.42 Å². The maximum atomic E-state index is 12.6. The summed E-state index contributed by atoms with van der Waals surface area (Å²) in [7, 11) is -0.997. The Balaban J connectivity index is 2.29. The molecule has 0 radical (unpaired) electrons. The van der Waals surface area contributed by atoms with Crippen molar-refractivity contribution >= 4 is 21.6 Å². The minimum absolute atomic E-state index is 0.166. The van der Waals surface area contributed by atoms with Gasteiger partial charge < -0.3 is 9.72 Å². The van der Waals surface area contributed by atoms with Gasteiger partial charge in [-0.15, -0.1) is 0 Å². The Hall–Kier alpha value is -2.61. The largest absolute Gasteiger partial charge is 0.493 e. The van der Waals surface area contributed by atoms with Crippen LogP contribution >= 0.6 is 0 Å². The number of nitrogens with one attached hydrogen (secondary N) is 1. The zero-order valence-electron chi connectivity index (χ0n) is 14.9. The summed E-state index contributed by atoms with van der Waals surface area (Å²) in [4.78, 5) is 15.6. The lowest BCUT2D eigenvalue weighted by molar-refractivity contribution is 0.341. The molecule has 8 heteroatoms. The number of ether oxygens (including phenoxy) is 1. The fourth-order valence-corrected chi connectivity index (χ4v) is 3.50. The average molecular weight is 375 g/mol. The van der Waals surface area contributed by atoms with E-state index in [1.165, 1.54) is 12.1 Å². The average Bonchev–Trinajstić information content (AvgIpc) is 2.92. The Bertz CT molecular complexity index is 1090. The SMILES string of the molecule is CCCc1nn(C)c2c(=O)[nH]c(-c3cc([SH](=O)=O)ccc3OCC)cc12. The number of benzene rings is 1. The zero-order chi connectivity index (χ0) is 18.8. The predicted molar refractivity (Wildman–Crippen MR) is 101 cm³/mol. The minimum Gasteiger partial charge on any atom is -0.493 e. The van der Waals surface area contributed by atoms with Gasteiger partial charge in [-0.2, -0.15) is 5.10 Å². The molecule has 0 amide bonds. The summed E-state index contributed by atoms with van der Waals surface area (Å²) < 4.78 is 30.0. The van der Waals surface area contributed by atoms with Crippen molar-refractivity contribution in [1.82, 2.24) is 14.8 Å². The predicted octanol–water partition coefficient (Wildman–Crippen LogP) is 2.25. The third-order valence-corrected chi connectivity index (χ3v) is 4.86. The van der Waals surface area contributed by atoms with Gasteiger partial charge in [-0.05, 0) is 37.6 Å². The molecule has 3 rings (SSSR count).